The summed E-state index contributed by atoms with van der Waals surface area (Å²) in [5.74, 6) is 0.383. The molecule has 0 N–H and O–H groups in total. The summed E-state index contributed by atoms with van der Waals surface area (Å²) in [6.07, 6.45) is 4.61. The lowest BCUT2D eigenvalue weighted by Crippen LogP contribution is -2.53. The van der Waals surface area contributed by atoms with E-state index < -0.39 is 10.2 Å². The van der Waals surface area contributed by atoms with Crippen LogP contribution >= 0.6 is 11.6 Å². The predicted molar refractivity (Wildman–Crippen MR) is 75.6 cm³/mol. The third-order valence-corrected chi connectivity index (χ3v) is 6.56. The van der Waals surface area contributed by atoms with E-state index >= 15 is 0 Å². The average molecular weight is 311 g/mol. The minimum atomic E-state index is -3.35. The van der Waals surface area contributed by atoms with Crippen molar-refractivity contribution in [2.24, 2.45) is 0 Å². The minimum absolute atomic E-state index is 0.0411. The Morgan fingerprint density at radius 1 is 1.16 bits per heavy atom. The molecule has 0 aliphatic carbocycles. The molecule has 7 heteroatoms. The molecule has 2 heterocycles. The molecule has 2 saturated heterocycles. The number of halogens is 1. The molecule has 0 bridgehead atoms. The Bertz CT molecular complexity index is 382. The van der Waals surface area contributed by atoms with Crippen LogP contribution < -0.4 is 0 Å². The van der Waals surface area contributed by atoms with Crippen molar-refractivity contribution < 1.29 is 13.2 Å². The molecule has 0 aromatic rings. The van der Waals surface area contributed by atoms with Crippen LogP contribution in [0.25, 0.3) is 0 Å². The average Bonchev–Trinajstić information content (AvgIpc) is 2.47. The van der Waals surface area contributed by atoms with Crippen molar-refractivity contribution in [3.63, 3.8) is 0 Å². The van der Waals surface area contributed by atoms with Gasteiger partial charge in [0.05, 0.1) is 6.10 Å². The summed E-state index contributed by atoms with van der Waals surface area (Å²) in [7, 11) is -1.67. The Kier molecular flexibility index (Phi) is 5.48. The first kappa shape index (κ1) is 15.5. The zero-order valence-electron chi connectivity index (χ0n) is 11.4. The fourth-order valence-electron chi connectivity index (χ4n) is 2.88. The number of hydrogen-bond acceptors (Lipinski definition) is 3. The lowest BCUT2D eigenvalue weighted by atomic mass is 10.1. The molecule has 5 nitrogen and oxygen atoms in total. The molecule has 19 heavy (non-hydrogen) atoms. The van der Waals surface area contributed by atoms with Crippen molar-refractivity contribution in [1.82, 2.24) is 8.61 Å². The van der Waals surface area contributed by atoms with Crippen LogP contribution in [0.3, 0.4) is 0 Å². The van der Waals surface area contributed by atoms with E-state index in [1.165, 1.54) is 0 Å². The summed E-state index contributed by atoms with van der Waals surface area (Å²) in [4.78, 5) is 0. The van der Waals surface area contributed by atoms with Crippen LogP contribution in [0.4, 0.5) is 0 Å². The molecule has 0 amide bonds. The SMILES string of the molecule is COC1CCN(S(=O)(=O)N2CCCCC2CCl)CC1. The van der Waals surface area contributed by atoms with Crippen LogP contribution in [0, 0.1) is 0 Å². The van der Waals surface area contributed by atoms with E-state index in [1.807, 2.05) is 0 Å². The maximum absolute atomic E-state index is 12.7. The largest absolute Gasteiger partial charge is 0.381 e. The van der Waals surface area contributed by atoms with Crippen LogP contribution in [-0.2, 0) is 14.9 Å². The first-order valence-electron chi connectivity index (χ1n) is 6.95. The van der Waals surface area contributed by atoms with Gasteiger partial charge in [-0.25, -0.2) is 0 Å². The molecule has 0 saturated carbocycles. The highest BCUT2D eigenvalue weighted by molar-refractivity contribution is 7.86. The number of methoxy groups -OCH3 is 1. The van der Waals surface area contributed by atoms with Crippen molar-refractivity contribution >= 4 is 21.8 Å². The van der Waals surface area contributed by atoms with E-state index in [1.54, 1.807) is 15.7 Å². The quantitative estimate of drug-likeness (QED) is 0.738. The van der Waals surface area contributed by atoms with Gasteiger partial charge in [-0.3, -0.25) is 0 Å². The Morgan fingerprint density at radius 2 is 1.84 bits per heavy atom. The normalized spacial score (nSPS) is 28.6. The standard InChI is InChI=1S/C12H23ClN2O3S/c1-18-12-5-8-14(9-6-12)19(16,17)15-7-3-2-4-11(15)10-13/h11-12H,2-10H2,1H3. The van der Waals surface area contributed by atoms with Crippen molar-refractivity contribution in [2.75, 3.05) is 32.6 Å². The van der Waals surface area contributed by atoms with E-state index in [0.29, 0.717) is 25.5 Å². The van der Waals surface area contributed by atoms with Crippen LogP contribution in [-0.4, -0.2) is 61.8 Å². The van der Waals surface area contributed by atoms with Crippen LogP contribution in [0.15, 0.2) is 0 Å². The highest BCUT2D eigenvalue weighted by Crippen LogP contribution is 2.25. The van der Waals surface area contributed by atoms with Crippen molar-refractivity contribution in [3.05, 3.63) is 0 Å². The van der Waals surface area contributed by atoms with Gasteiger partial charge in [0.25, 0.3) is 10.2 Å². The lowest BCUT2D eigenvalue weighted by Gasteiger charge is -2.39. The molecule has 1 unspecified atom stereocenters. The fraction of sp³-hybridized carbons (Fsp3) is 1.00. The Balaban J connectivity index is 2.05. The van der Waals surface area contributed by atoms with Crippen molar-refractivity contribution in [3.8, 4) is 0 Å². The molecule has 0 spiro atoms. The second-order valence-corrected chi connectivity index (χ2v) is 7.45. The first-order chi connectivity index (χ1) is 9.09. The molecule has 0 aromatic heterocycles. The highest BCUT2D eigenvalue weighted by Gasteiger charge is 2.37. The third-order valence-electron chi connectivity index (χ3n) is 4.11. The van der Waals surface area contributed by atoms with Crippen LogP contribution in [0.1, 0.15) is 32.1 Å². The topological polar surface area (TPSA) is 49.9 Å². The second-order valence-electron chi connectivity index (χ2n) is 5.26. The number of alkyl halides is 1. The van der Waals surface area contributed by atoms with Crippen LogP contribution in [0.2, 0.25) is 0 Å². The zero-order chi connectivity index (χ0) is 13.9. The Hall–Kier alpha value is 0.120. The van der Waals surface area contributed by atoms with Gasteiger partial charge < -0.3 is 4.74 Å². The number of nitrogens with zero attached hydrogens (tertiary/aromatic N) is 2. The monoisotopic (exact) mass is 310 g/mol. The Morgan fingerprint density at radius 3 is 2.42 bits per heavy atom. The molecule has 2 fully saturated rings. The van der Waals surface area contributed by atoms with Gasteiger partial charge in [-0.2, -0.15) is 17.0 Å². The van der Waals surface area contributed by atoms with Gasteiger partial charge in [-0.1, -0.05) is 6.42 Å². The van der Waals surface area contributed by atoms with E-state index in [9.17, 15) is 8.42 Å². The summed E-state index contributed by atoms with van der Waals surface area (Å²) >= 11 is 5.92. The number of ether oxygens (including phenoxy) is 1. The summed E-state index contributed by atoms with van der Waals surface area (Å²) in [6.45, 7) is 1.70. The molecular weight excluding hydrogens is 288 g/mol. The summed E-state index contributed by atoms with van der Waals surface area (Å²) < 4.78 is 33.8. The molecule has 0 aromatic carbocycles. The van der Waals surface area contributed by atoms with E-state index in [2.05, 4.69) is 0 Å². The van der Waals surface area contributed by atoms with Crippen molar-refractivity contribution in [2.45, 2.75) is 44.2 Å². The molecular formula is C12H23ClN2O3S. The first-order valence-corrected chi connectivity index (χ1v) is 8.88. The summed E-state index contributed by atoms with van der Waals surface area (Å²) in [5.41, 5.74) is 0. The molecule has 112 valence electrons. The lowest BCUT2D eigenvalue weighted by molar-refractivity contribution is 0.0584. The van der Waals surface area contributed by atoms with Gasteiger partial charge in [0.1, 0.15) is 0 Å². The van der Waals surface area contributed by atoms with E-state index in [4.69, 9.17) is 16.3 Å². The molecule has 2 aliphatic heterocycles. The van der Waals surface area contributed by atoms with Gasteiger partial charge in [0.2, 0.25) is 0 Å². The number of piperidine rings is 2. The van der Waals surface area contributed by atoms with E-state index in [-0.39, 0.29) is 12.1 Å². The molecule has 1 atom stereocenters. The maximum Gasteiger partial charge on any atom is 0.282 e. The molecule has 2 aliphatic rings. The second kappa shape index (κ2) is 6.72. The fourth-order valence-corrected chi connectivity index (χ4v) is 5.17. The van der Waals surface area contributed by atoms with Gasteiger partial charge in [-0.05, 0) is 25.7 Å². The van der Waals surface area contributed by atoms with Gasteiger partial charge >= 0.3 is 0 Å². The smallest absolute Gasteiger partial charge is 0.282 e. The molecule has 0 radical (unpaired) electrons. The van der Waals surface area contributed by atoms with Crippen molar-refractivity contribution in [1.29, 1.82) is 0 Å². The molecule has 2 rings (SSSR count). The van der Waals surface area contributed by atoms with Crippen LogP contribution in [0.5, 0.6) is 0 Å². The number of rotatable bonds is 4. The third kappa shape index (κ3) is 3.42. The van der Waals surface area contributed by atoms with Gasteiger partial charge in [0.15, 0.2) is 0 Å². The van der Waals surface area contributed by atoms with Gasteiger partial charge in [-0.15, -0.1) is 11.6 Å². The number of hydrogen-bond donors (Lipinski definition) is 0. The van der Waals surface area contributed by atoms with Gasteiger partial charge in [0, 0.05) is 38.7 Å². The summed E-state index contributed by atoms with van der Waals surface area (Å²) in [6, 6.07) is -0.0411. The minimum Gasteiger partial charge on any atom is -0.381 e. The van der Waals surface area contributed by atoms with E-state index in [0.717, 1.165) is 32.1 Å². The maximum atomic E-state index is 12.7. The zero-order valence-corrected chi connectivity index (χ0v) is 13.0. The predicted octanol–water partition coefficient (Wildman–Crippen LogP) is 1.44. The summed E-state index contributed by atoms with van der Waals surface area (Å²) in [5, 5.41) is 0. The Labute approximate surface area is 121 Å². The highest BCUT2D eigenvalue weighted by atomic mass is 35.5.